The monoisotopic (exact) mass is 131 g/mol. The number of rotatable bonds is 1. The molecule has 0 aromatic carbocycles. The average molecular weight is 131 g/mol. The molecular formula is C3H2NO3P-2. The van der Waals surface area contributed by atoms with Crippen LogP contribution in [0.2, 0.25) is 0 Å². The fourth-order valence-electron chi connectivity index (χ4n) is 0.125. The molecular weight excluding hydrogens is 129 g/mol. The summed E-state index contributed by atoms with van der Waals surface area (Å²) in [7, 11) is -4.59. The van der Waals surface area contributed by atoms with Crippen molar-refractivity contribution in [3.8, 4) is 6.07 Å². The highest BCUT2D eigenvalue weighted by Crippen LogP contribution is 2.28. The van der Waals surface area contributed by atoms with Gasteiger partial charge in [-0.05, 0) is 0 Å². The fraction of sp³-hybridized carbons (Fsp3) is 0. The van der Waals surface area contributed by atoms with Gasteiger partial charge >= 0.3 is 0 Å². The minimum Gasteiger partial charge on any atom is -0.684 e. The number of hydrogen-bond donors (Lipinski definition) is 0. The Labute approximate surface area is 46.9 Å². The minimum atomic E-state index is -4.59. The first kappa shape index (κ1) is 7.54. The maximum atomic E-state index is 9.62. The van der Waals surface area contributed by atoms with Gasteiger partial charge in [-0.15, -0.1) is 7.94 Å². The third-order valence-corrected chi connectivity index (χ3v) is 0.846. The first-order chi connectivity index (χ1) is 3.56. The topological polar surface area (TPSA) is 93.0 Å². The number of nitriles is 1. The summed E-state index contributed by atoms with van der Waals surface area (Å²) >= 11 is 0. The Bertz CT molecular complexity index is 130. The summed E-state index contributed by atoms with van der Waals surface area (Å²) in [6, 6.07) is 1.37. The molecule has 0 rings (SSSR count). The fourth-order valence-corrected chi connectivity index (χ4v) is 0.374. The summed E-state index contributed by atoms with van der Waals surface area (Å²) < 4.78 is 0. The van der Waals surface area contributed by atoms with Crippen LogP contribution in [0.4, 0.5) is 0 Å². The van der Waals surface area contributed by atoms with Crippen LogP contribution in [-0.2, 0) is 0 Å². The third kappa shape index (κ3) is 5.54. The van der Waals surface area contributed by atoms with E-state index in [0.717, 1.165) is 0 Å². The van der Waals surface area contributed by atoms with Gasteiger partial charge in [0.2, 0.25) is 0 Å². The standard InChI is InChI=1S/C3H4NO3P/c4-2-1-3-8(5,6)7/h1,3H,(H2,5,6,7)/p-2/b3-1+. The van der Waals surface area contributed by atoms with E-state index >= 15 is 0 Å². The van der Waals surface area contributed by atoms with Crippen LogP contribution in [0.25, 0.3) is 0 Å². The van der Waals surface area contributed by atoms with Crippen LogP contribution < -0.4 is 14.7 Å². The quantitative estimate of drug-likeness (QED) is 0.300. The van der Waals surface area contributed by atoms with Gasteiger partial charge in [0.15, 0.2) is 0 Å². The van der Waals surface area contributed by atoms with Crippen molar-refractivity contribution >= 4 is 7.94 Å². The van der Waals surface area contributed by atoms with E-state index in [2.05, 4.69) is 0 Å². The highest BCUT2D eigenvalue weighted by atomic mass is 31.2. The zero-order valence-electron chi connectivity index (χ0n) is 3.77. The lowest BCUT2D eigenvalue weighted by atomic mass is 10.7. The predicted octanol–water partition coefficient (Wildman–Crippen LogP) is -2.13. The molecule has 44 valence electrons. The predicted molar refractivity (Wildman–Crippen MR) is 21.7 cm³/mol. The molecule has 0 N–H and O–H groups in total. The lowest BCUT2D eigenvalue weighted by molar-refractivity contribution is -0.422. The Morgan fingerprint density at radius 3 is 2.00 bits per heavy atom. The van der Waals surface area contributed by atoms with E-state index in [9.17, 15) is 14.7 Å². The van der Waals surface area contributed by atoms with E-state index in [1.807, 2.05) is 0 Å². The van der Waals surface area contributed by atoms with Crippen LogP contribution in [0, 0.1) is 11.3 Å². The normalized spacial score (nSPS) is 11.8. The zero-order chi connectivity index (χ0) is 6.62. The third-order valence-electron chi connectivity index (χ3n) is 0.332. The lowest BCUT2D eigenvalue weighted by Gasteiger charge is -2.37. The second-order valence-corrected chi connectivity index (χ2v) is 2.36. The SMILES string of the molecule is N#C/C=C/[P+]([O-])([O-])[O-]. The van der Waals surface area contributed by atoms with Gasteiger partial charge in [0.1, 0.15) is 0 Å². The summed E-state index contributed by atoms with van der Waals surface area (Å²) in [4.78, 5) is 28.9. The van der Waals surface area contributed by atoms with Crippen molar-refractivity contribution in [1.29, 1.82) is 5.26 Å². The average Bonchev–Trinajstić information content (AvgIpc) is 1.59. The van der Waals surface area contributed by atoms with E-state index < -0.39 is 7.94 Å². The Kier molecular flexibility index (Phi) is 2.59. The molecule has 0 saturated carbocycles. The van der Waals surface area contributed by atoms with E-state index in [0.29, 0.717) is 11.9 Å². The Balaban J connectivity index is 3.75. The van der Waals surface area contributed by atoms with Crippen LogP contribution in [-0.4, -0.2) is 0 Å². The first-order valence-electron chi connectivity index (χ1n) is 1.65. The van der Waals surface area contributed by atoms with Gasteiger partial charge in [0.25, 0.3) is 0 Å². The van der Waals surface area contributed by atoms with E-state index in [1.165, 1.54) is 6.07 Å². The van der Waals surface area contributed by atoms with Crippen molar-refractivity contribution in [3.05, 3.63) is 11.9 Å². The molecule has 0 aliphatic rings. The highest BCUT2D eigenvalue weighted by Gasteiger charge is 1.82. The first-order valence-corrected chi connectivity index (χ1v) is 3.26. The number of hydrogen-bond acceptors (Lipinski definition) is 4. The van der Waals surface area contributed by atoms with E-state index in [1.54, 1.807) is 0 Å². The van der Waals surface area contributed by atoms with Gasteiger partial charge in [-0.2, -0.15) is 5.26 Å². The van der Waals surface area contributed by atoms with Crippen molar-refractivity contribution in [2.75, 3.05) is 0 Å². The van der Waals surface area contributed by atoms with Crippen LogP contribution in [0.3, 0.4) is 0 Å². The second kappa shape index (κ2) is 2.75. The van der Waals surface area contributed by atoms with Gasteiger partial charge in [0, 0.05) is 6.08 Å². The molecule has 0 aromatic rings. The summed E-state index contributed by atoms with van der Waals surface area (Å²) in [6.45, 7) is 0. The van der Waals surface area contributed by atoms with Crippen molar-refractivity contribution in [3.63, 3.8) is 0 Å². The summed E-state index contributed by atoms with van der Waals surface area (Å²) in [6.07, 6.45) is 0.626. The largest absolute Gasteiger partial charge is 0.684 e. The molecule has 0 saturated heterocycles. The van der Waals surface area contributed by atoms with Crippen LogP contribution >= 0.6 is 7.94 Å². The molecule has 0 atom stereocenters. The molecule has 0 spiro atoms. The van der Waals surface area contributed by atoms with Gasteiger partial charge in [0.05, 0.1) is 11.9 Å². The summed E-state index contributed by atoms with van der Waals surface area (Å²) in [5.74, 6) is 0.326. The van der Waals surface area contributed by atoms with Crippen molar-refractivity contribution in [2.24, 2.45) is 0 Å². The Morgan fingerprint density at radius 2 is 1.88 bits per heavy atom. The van der Waals surface area contributed by atoms with Gasteiger partial charge < -0.3 is 14.7 Å². The van der Waals surface area contributed by atoms with Crippen LogP contribution in [0.5, 0.6) is 0 Å². The molecule has 0 unspecified atom stereocenters. The molecule has 4 nitrogen and oxygen atoms in total. The Hall–Kier alpha value is -0.460. The molecule has 0 aromatic heterocycles. The molecule has 5 heteroatoms. The van der Waals surface area contributed by atoms with Gasteiger partial charge in [-0.3, -0.25) is 0 Å². The Morgan fingerprint density at radius 1 is 1.38 bits per heavy atom. The molecule has 8 heavy (non-hydrogen) atoms. The van der Waals surface area contributed by atoms with Crippen LogP contribution in [0.15, 0.2) is 11.9 Å². The molecule has 0 bridgehead atoms. The maximum Gasteiger partial charge on any atom is 0.0946 e. The van der Waals surface area contributed by atoms with E-state index in [4.69, 9.17) is 5.26 Å². The highest BCUT2D eigenvalue weighted by molar-refractivity contribution is 7.57. The zero-order valence-corrected chi connectivity index (χ0v) is 4.67. The van der Waals surface area contributed by atoms with Crippen molar-refractivity contribution < 1.29 is 14.7 Å². The van der Waals surface area contributed by atoms with Gasteiger partial charge in [-0.25, -0.2) is 0 Å². The molecule has 0 aliphatic heterocycles. The van der Waals surface area contributed by atoms with Gasteiger partial charge in [-0.1, -0.05) is 0 Å². The molecule has 0 aliphatic carbocycles. The summed E-state index contributed by atoms with van der Waals surface area (Å²) in [5.41, 5.74) is 0. The van der Waals surface area contributed by atoms with E-state index in [-0.39, 0.29) is 0 Å². The molecule has 0 amide bonds. The van der Waals surface area contributed by atoms with Crippen molar-refractivity contribution in [1.82, 2.24) is 0 Å². The molecule has 0 heterocycles. The lowest BCUT2D eigenvalue weighted by Crippen LogP contribution is -2.30. The molecule has 0 radical (unpaired) electrons. The van der Waals surface area contributed by atoms with Crippen LogP contribution in [0.1, 0.15) is 0 Å². The summed E-state index contributed by atoms with van der Waals surface area (Å²) in [5, 5.41) is 7.69. The van der Waals surface area contributed by atoms with Crippen molar-refractivity contribution in [2.45, 2.75) is 0 Å². The minimum absolute atomic E-state index is 0.326. The second-order valence-electron chi connectivity index (χ2n) is 0.985. The maximum absolute atomic E-state index is 9.62. The number of nitrogens with zero attached hydrogens (tertiary/aromatic N) is 1. The smallest absolute Gasteiger partial charge is 0.0946 e. The molecule has 0 fully saturated rings. The number of allylic oxidation sites excluding steroid dienone is 1.